The summed E-state index contributed by atoms with van der Waals surface area (Å²) in [5.41, 5.74) is 1.39. The first-order valence-corrected chi connectivity index (χ1v) is 5.97. The zero-order chi connectivity index (χ0) is 12.8. The summed E-state index contributed by atoms with van der Waals surface area (Å²) in [6.07, 6.45) is 4.23. The predicted octanol–water partition coefficient (Wildman–Crippen LogP) is 2.29. The van der Waals surface area contributed by atoms with Crippen molar-refractivity contribution in [2.45, 2.75) is 33.2 Å². The van der Waals surface area contributed by atoms with Gasteiger partial charge < -0.3 is 10.6 Å². The van der Waals surface area contributed by atoms with E-state index in [4.69, 9.17) is 0 Å². The summed E-state index contributed by atoms with van der Waals surface area (Å²) in [4.78, 5) is 16.0. The standard InChI is InChI=1S/C13H21N3O/c1-9(2)7-10(3)16-13(17)11-8-15-6-5-12(11)14-4/h5-6,8-10H,7H2,1-4H3,(H,14,15)(H,16,17). The average Bonchev–Trinajstić information content (AvgIpc) is 2.27. The molecule has 17 heavy (non-hydrogen) atoms. The zero-order valence-corrected chi connectivity index (χ0v) is 10.9. The molecule has 0 bridgehead atoms. The molecule has 0 saturated heterocycles. The van der Waals surface area contributed by atoms with E-state index in [-0.39, 0.29) is 11.9 Å². The van der Waals surface area contributed by atoms with Gasteiger partial charge in [-0.25, -0.2) is 0 Å². The Morgan fingerprint density at radius 3 is 2.71 bits per heavy atom. The van der Waals surface area contributed by atoms with Crippen molar-refractivity contribution in [3.05, 3.63) is 24.0 Å². The molecular weight excluding hydrogens is 214 g/mol. The minimum absolute atomic E-state index is 0.0735. The smallest absolute Gasteiger partial charge is 0.255 e. The van der Waals surface area contributed by atoms with Crippen LogP contribution in [0, 0.1) is 5.92 Å². The molecule has 1 heterocycles. The molecule has 94 valence electrons. The zero-order valence-electron chi connectivity index (χ0n) is 10.9. The Balaban J connectivity index is 2.69. The molecule has 4 nitrogen and oxygen atoms in total. The number of pyridine rings is 1. The van der Waals surface area contributed by atoms with Gasteiger partial charge in [-0.05, 0) is 25.3 Å². The summed E-state index contributed by atoms with van der Waals surface area (Å²) >= 11 is 0. The third kappa shape index (κ3) is 4.06. The molecule has 0 saturated carbocycles. The monoisotopic (exact) mass is 235 g/mol. The van der Waals surface area contributed by atoms with Crippen LogP contribution in [0.1, 0.15) is 37.6 Å². The lowest BCUT2D eigenvalue weighted by Gasteiger charge is -2.16. The second-order valence-electron chi connectivity index (χ2n) is 4.68. The Labute approximate surface area is 103 Å². The van der Waals surface area contributed by atoms with Crippen molar-refractivity contribution in [1.82, 2.24) is 10.3 Å². The number of anilines is 1. The van der Waals surface area contributed by atoms with E-state index >= 15 is 0 Å². The molecular formula is C13H21N3O. The summed E-state index contributed by atoms with van der Waals surface area (Å²) in [6, 6.07) is 1.97. The van der Waals surface area contributed by atoms with Gasteiger partial charge in [0.1, 0.15) is 0 Å². The number of nitrogens with one attached hydrogen (secondary N) is 2. The largest absolute Gasteiger partial charge is 0.387 e. The molecule has 1 unspecified atom stereocenters. The van der Waals surface area contributed by atoms with Crippen molar-refractivity contribution in [2.24, 2.45) is 5.92 Å². The molecule has 0 spiro atoms. The van der Waals surface area contributed by atoms with Crippen LogP contribution in [0.3, 0.4) is 0 Å². The van der Waals surface area contributed by atoms with Crippen molar-refractivity contribution in [1.29, 1.82) is 0 Å². The SMILES string of the molecule is CNc1ccncc1C(=O)NC(C)CC(C)C. The molecule has 0 fully saturated rings. The van der Waals surface area contributed by atoms with Crippen molar-refractivity contribution in [2.75, 3.05) is 12.4 Å². The molecule has 1 amide bonds. The Bertz CT molecular complexity index is 377. The predicted molar refractivity (Wildman–Crippen MR) is 70.2 cm³/mol. The first-order valence-electron chi connectivity index (χ1n) is 5.97. The van der Waals surface area contributed by atoms with Crippen LogP contribution < -0.4 is 10.6 Å². The number of hydrogen-bond donors (Lipinski definition) is 2. The first-order chi connectivity index (χ1) is 8.04. The summed E-state index contributed by atoms with van der Waals surface area (Å²) in [5.74, 6) is 0.499. The lowest BCUT2D eigenvalue weighted by molar-refractivity contribution is 0.0936. The fourth-order valence-corrected chi connectivity index (χ4v) is 1.86. The highest BCUT2D eigenvalue weighted by molar-refractivity contribution is 5.99. The number of carbonyl (C=O) groups excluding carboxylic acids is 1. The van der Waals surface area contributed by atoms with Crippen molar-refractivity contribution in [3.63, 3.8) is 0 Å². The van der Waals surface area contributed by atoms with Crippen LogP contribution in [-0.2, 0) is 0 Å². The molecule has 0 aliphatic heterocycles. The van der Waals surface area contributed by atoms with Crippen LogP contribution >= 0.6 is 0 Å². The maximum absolute atomic E-state index is 12.0. The fraction of sp³-hybridized carbons (Fsp3) is 0.538. The van der Waals surface area contributed by atoms with Crippen LogP contribution in [0.5, 0.6) is 0 Å². The highest BCUT2D eigenvalue weighted by Crippen LogP contribution is 2.13. The van der Waals surface area contributed by atoms with E-state index in [1.807, 2.05) is 6.92 Å². The highest BCUT2D eigenvalue weighted by Gasteiger charge is 2.13. The van der Waals surface area contributed by atoms with Gasteiger partial charge in [0.05, 0.1) is 5.56 Å². The van der Waals surface area contributed by atoms with Gasteiger partial charge in [-0.3, -0.25) is 9.78 Å². The summed E-state index contributed by atoms with van der Waals surface area (Å²) in [5, 5.41) is 5.97. The Morgan fingerprint density at radius 1 is 1.41 bits per heavy atom. The van der Waals surface area contributed by atoms with Gasteiger partial charge in [-0.2, -0.15) is 0 Å². The minimum Gasteiger partial charge on any atom is -0.387 e. The van der Waals surface area contributed by atoms with Gasteiger partial charge in [0, 0.05) is 31.2 Å². The van der Waals surface area contributed by atoms with Gasteiger partial charge in [0.25, 0.3) is 5.91 Å². The molecule has 4 heteroatoms. The van der Waals surface area contributed by atoms with Crippen LogP contribution in [0.2, 0.25) is 0 Å². The van der Waals surface area contributed by atoms with Gasteiger partial charge in [0.2, 0.25) is 0 Å². The summed E-state index contributed by atoms with van der Waals surface area (Å²) in [6.45, 7) is 6.31. The molecule has 2 N–H and O–H groups in total. The third-order valence-electron chi connectivity index (χ3n) is 2.54. The minimum atomic E-state index is -0.0735. The Hall–Kier alpha value is -1.58. The maximum Gasteiger partial charge on any atom is 0.255 e. The van der Waals surface area contributed by atoms with E-state index in [0.29, 0.717) is 11.5 Å². The van der Waals surface area contributed by atoms with E-state index < -0.39 is 0 Å². The number of nitrogens with zero attached hydrogens (tertiary/aromatic N) is 1. The summed E-state index contributed by atoms with van der Waals surface area (Å²) < 4.78 is 0. The number of aromatic nitrogens is 1. The average molecular weight is 235 g/mol. The van der Waals surface area contributed by atoms with Crippen LogP contribution in [0.4, 0.5) is 5.69 Å². The van der Waals surface area contributed by atoms with E-state index in [9.17, 15) is 4.79 Å². The molecule has 1 aromatic heterocycles. The number of rotatable bonds is 5. The van der Waals surface area contributed by atoms with E-state index in [0.717, 1.165) is 12.1 Å². The van der Waals surface area contributed by atoms with E-state index in [1.54, 1.807) is 25.5 Å². The van der Waals surface area contributed by atoms with Crippen molar-refractivity contribution >= 4 is 11.6 Å². The maximum atomic E-state index is 12.0. The van der Waals surface area contributed by atoms with Gasteiger partial charge in [-0.15, -0.1) is 0 Å². The van der Waals surface area contributed by atoms with Gasteiger partial charge >= 0.3 is 0 Å². The normalized spacial score (nSPS) is 12.3. The van der Waals surface area contributed by atoms with Crippen LogP contribution in [0.15, 0.2) is 18.5 Å². The van der Waals surface area contributed by atoms with Crippen LogP contribution in [-0.4, -0.2) is 24.0 Å². The molecule has 1 atom stereocenters. The second-order valence-corrected chi connectivity index (χ2v) is 4.68. The second kappa shape index (κ2) is 6.23. The summed E-state index contributed by atoms with van der Waals surface area (Å²) in [7, 11) is 1.80. The van der Waals surface area contributed by atoms with E-state index in [2.05, 4.69) is 29.5 Å². The quantitative estimate of drug-likeness (QED) is 0.823. The Kier molecular flexibility index (Phi) is 4.94. The number of hydrogen-bond acceptors (Lipinski definition) is 3. The molecule has 0 aromatic carbocycles. The van der Waals surface area contributed by atoms with Crippen LogP contribution in [0.25, 0.3) is 0 Å². The van der Waals surface area contributed by atoms with Crippen molar-refractivity contribution in [3.8, 4) is 0 Å². The first kappa shape index (κ1) is 13.5. The Morgan fingerprint density at radius 2 is 2.12 bits per heavy atom. The molecule has 0 aliphatic carbocycles. The lowest BCUT2D eigenvalue weighted by atomic mass is 10.0. The number of carbonyl (C=O) groups is 1. The lowest BCUT2D eigenvalue weighted by Crippen LogP contribution is -2.33. The fourth-order valence-electron chi connectivity index (χ4n) is 1.86. The highest BCUT2D eigenvalue weighted by atomic mass is 16.1. The number of amides is 1. The molecule has 0 radical (unpaired) electrons. The molecule has 1 aromatic rings. The van der Waals surface area contributed by atoms with E-state index in [1.165, 1.54) is 0 Å². The van der Waals surface area contributed by atoms with Gasteiger partial charge in [0.15, 0.2) is 0 Å². The van der Waals surface area contributed by atoms with Gasteiger partial charge in [-0.1, -0.05) is 13.8 Å². The van der Waals surface area contributed by atoms with Crippen molar-refractivity contribution < 1.29 is 4.79 Å². The molecule has 1 rings (SSSR count). The third-order valence-corrected chi connectivity index (χ3v) is 2.54. The topological polar surface area (TPSA) is 54.0 Å². The molecule has 0 aliphatic rings.